The molecule has 1 aromatic heterocycles. The summed E-state index contributed by atoms with van der Waals surface area (Å²) in [6.07, 6.45) is 1.50. The third-order valence-electron chi connectivity index (χ3n) is 2.15. The van der Waals surface area contributed by atoms with Crippen molar-refractivity contribution in [1.82, 2.24) is 9.97 Å². The molecule has 5 heteroatoms. The van der Waals surface area contributed by atoms with Crippen molar-refractivity contribution >= 4 is 23.2 Å². The summed E-state index contributed by atoms with van der Waals surface area (Å²) in [5, 5.41) is 0.545. The van der Waals surface area contributed by atoms with Crippen LogP contribution in [0.15, 0.2) is 24.4 Å². The van der Waals surface area contributed by atoms with Crippen LogP contribution in [0.1, 0.15) is 5.56 Å². The van der Waals surface area contributed by atoms with E-state index in [0.717, 1.165) is 0 Å². The van der Waals surface area contributed by atoms with Crippen LogP contribution in [0, 0.1) is 12.7 Å². The van der Waals surface area contributed by atoms with Crippen molar-refractivity contribution in [3.63, 3.8) is 0 Å². The Labute approximate surface area is 102 Å². The lowest BCUT2D eigenvalue weighted by atomic mass is 10.1. The van der Waals surface area contributed by atoms with Crippen LogP contribution in [0.3, 0.4) is 0 Å². The van der Waals surface area contributed by atoms with Crippen LogP contribution < -0.4 is 0 Å². The second kappa shape index (κ2) is 4.36. The van der Waals surface area contributed by atoms with E-state index >= 15 is 0 Å². The minimum atomic E-state index is -0.325. The minimum absolute atomic E-state index is 0.106. The minimum Gasteiger partial charge on any atom is -0.226 e. The fourth-order valence-corrected chi connectivity index (χ4v) is 1.79. The number of rotatable bonds is 1. The van der Waals surface area contributed by atoms with Crippen molar-refractivity contribution in [3.8, 4) is 11.3 Å². The molecule has 0 radical (unpaired) electrons. The third kappa shape index (κ3) is 2.15. The number of hydrogen-bond acceptors (Lipinski definition) is 2. The summed E-state index contributed by atoms with van der Waals surface area (Å²) >= 11 is 11.7. The predicted octanol–water partition coefficient (Wildman–Crippen LogP) is 3.90. The molecule has 0 saturated carbocycles. The molecule has 2 nitrogen and oxygen atoms in total. The number of halogens is 3. The van der Waals surface area contributed by atoms with E-state index in [-0.39, 0.29) is 11.1 Å². The highest BCUT2D eigenvalue weighted by Gasteiger charge is 2.09. The second-order valence-electron chi connectivity index (χ2n) is 3.29. The molecule has 0 fully saturated rings. The summed E-state index contributed by atoms with van der Waals surface area (Å²) in [7, 11) is 0. The van der Waals surface area contributed by atoms with Gasteiger partial charge in [-0.05, 0) is 42.3 Å². The average molecular weight is 257 g/mol. The van der Waals surface area contributed by atoms with E-state index in [0.29, 0.717) is 21.8 Å². The molecular weight excluding hydrogens is 250 g/mol. The highest BCUT2D eigenvalue weighted by Crippen LogP contribution is 2.29. The van der Waals surface area contributed by atoms with Gasteiger partial charge in [0, 0.05) is 11.8 Å². The lowest BCUT2D eigenvalue weighted by Gasteiger charge is -2.05. The van der Waals surface area contributed by atoms with Crippen LogP contribution in [-0.2, 0) is 0 Å². The molecule has 1 aromatic carbocycles. The van der Waals surface area contributed by atoms with Gasteiger partial charge in [-0.1, -0.05) is 11.6 Å². The third-order valence-corrected chi connectivity index (χ3v) is 2.65. The first kappa shape index (κ1) is 11.3. The highest BCUT2D eigenvalue weighted by atomic mass is 35.5. The standard InChI is InChI=1S/C11H7Cl2FN2/c1-6-4-8(12)7(5-9(6)14)10-2-3-15-11(13)16-10/h2-5H,1H3. The molecule has 0 aliphatic rings. The molecule has 0 aliphatic heterocycles. The molecule has 0 aliphatic carbocycles. The van der Waals surface area contributed by atoms with E-state index in [1.165, 1.54) is 12.3 Å². The van der Waals surface area contributed by atoms with Crippen LogP contribution in [0.4, 0.5) is 4.39 Å². The Bertz CT molecular complexity index is 544. The van der Waals surface area contributed by atoms with Crippen LogP contribution in [0.5, 0.6) is 0 Å². The van der Waals surface area contributed by atoms with Gasteiger partial charge in [-0.25, -0.2) is 14.4 Å². The van der Waals surface area contributed by atoms with E-state index < -0.39 is 0 Å². The number of aryl methyl sites for hydroxylation is 1. The van der Waals surface area contributed by atoms with E-state index in [4.69, 9.17) is 23.2 Å². The molecule has 2 aromatic rings. The Morgan fingerprint density at radius 2 is 2.00 bits per heavy atom. The molecule has 0 N–H and O–H groups in total. The SMILES string of the molecule is Cc1cc(Cl)c(-c2ccnc(Cl)n2)cc1F. The number of aromatic nitrogens is 2. The van der Waals surface area contributed by atoms with Gasteiger partial charge in [-0.2, -0.15) is 0 Å². The molecule has 0 bridgehead atoms. The summed E-state index contributed by atoms with van der Waals surface area (Å²) < 4.78 is 13.4. The molecule has 1 heterocycles. The molecule has 82 valence electrons. The highest BCUT2D eigenvalue weighted by molar-refractivity contribution is 6.33. The molecule has 0 unspecified atom stereocenters. The maximum atomic E-state index is 13.4. The van der Waals surface area contributed by atoms with Gasteiger partial charge in [0.15, 0.2) is 0 Å². The zero-order chi connectivity index (χ0) is 11.7. The monoisotopic (exact) mass is 256 g/mol. The van der Waals surface area contributed by atoms with Crippen molar-refractivity contribution in [3.05, 3.63) is 46.1 Å². The largest absolute Gasteiger partial charge is 0.226 e. The molecular formula is C11H7Cl2FN2. The number of hydrogen-bond donors (Lipinski definition) is 0. The Balaban J connectivity index is 2.60. The van der Waals surface area contributed by atoms with Gasteiger partial charge in [-0.15, -0.1) is 0 Å². The molecule has 16 heavy (non-hydrogen) atoms. The van der Waals surface area contributed by atoms with Crippen molar-refractivity contribution in [2.24, 2.45) is 0 Å². The lowest BCUT2D eigenvalue weighted by molar-refractivity contribution is 0.619. The predicted molar refractivity (Wildman–Crippen MR) is 62.2 cm³/mol. The quantitative estimate of drug-likeness (QED) is 0.724. The van der Waals surface area contributed by atoms with Gasteiger partial charge in [0.05, 0.1) is 10.7 Å². The first-order chi connectivity index (χ1) is 7.58. The van der Waals surface area contributed by atoms with Gasteiger partial charge in [-0.3, -0.25) is 0 Å². The molecule has 0 spiro atoms. The van der Waals surface area contributed by atoms with Gasteiger partial charge >= 0.3 is 0 Å². The smallest absolute Gasteiger partial charge is 0.222 e. The van der Waals surface area contributed by atoms with Crippen LogP contribution in [0.2, 0.25) is 10.3 Å². The van der Waals surface area contributed by atoms with Crippen molar-refractivity contribution in [2.45, 2.75) is 6.92 Å². The summed E-state index contributed by atoms with van der Waals surface area (Å²) in [5.74, 6) is -0.325. The lowest BCUT2D eigenvalue weighted by Crippen LogP contribution is -1.90. The first-order valence-corrected chi connectivity index (χ1v) is 5.28. The van der Waals surface area contributed by atoms with Crippen molar-refractivity contribution in [1.29, 1.82) is 0 Å². The fraction of sp³-hybridized carbons (Fsp3) is 0.0909. The Morgan fingerprint density at radius 1 is 1.25 bits per heavy atom. The van der Waals surface area contributed by atoms with Crippen LogP contribution in [-0.4, -0.2) is 9.97 Å². The maximum Gasteiger partial charge on any atom is 0.222 e. The zero-order valence-corrected chi connectivity index (χ0v) is 9.85. The first-order valence-electron chi connectivity index (χ1n) is 4.52. The topological polar surface area (TPSA) is 25.8 Å². The fourth-order valence-electron chi connectivity index (χ4n) is 1.33. The van der Waals surface area contributed by atoms with Gasteiger partial charge < -0.3 is 0 Å². The van der Waals surface area contributed by atoms with E-state index in [2.05, 4.69) is 9.97 Å². The molecule has 0 atom stereocenters. The van der Waals surface area contributed by atoms with Crippen LogP contribution >= 0.6 is 23.2 Å². The maximum absolute atomic E-state index is 13.4. The second-order valence-corrected chi connectivity index (χ2v) is 4.04. The summed E-state index contributed by atoms with van der Waals surface area (Å²) in [6.45, 7) is 1.65. The zero-order valence-electron chi connectivity index (χ0n) is 8.34. The van der Waals surface area contributed by atoms with Crippen LogP contribution in [0.25, 0.3) is 11.3 Å². The average Bonchev–Trinajstić information content (AvgIpc) is 2.23. The molecule has 0 amide bonds. The number of nitrogens with zero attached hydrogens (tertiary/aromatic N) is 2. The van der Waals surface area contributed by atoms with E-state index in [1.807, 2.05) is 0 Å². The van der Waals surface area contributed by atoms with Gasteiger partial charge in [0.1, 0.15) is 5.82 Å². The molecule has 2 rings (SSSR count). The Hall–Kier alpha value is -1.19. The normalized spacial score (nSPS) is 10.5. The van der Waals surface area contributed by atoms with Crippen molar-refractivity contribution in [2.75, 3.05) is 0 Å². The van der Waals surface area contributed by atoms with E-state index in [9.17, 15) is 4.39 Å². The Kier molecular flexibility index (Phi) is 3.08. The van der Waals surface area contributed by atoms with E-state index in [1.54, 1.807) is 19.1 Å². The Morgan fingerprint density at radius 3 is 2.69 bits per heavy atom. The summed E-state index contributed by atoms with van der Waals surface area (Å²) in [4.78, 5) is 7.73. The summed E-state index contributed by atoms with van der Waals surface area (Å²) in [5.41, 5.74) is 1.51. The molecule has 0 saturated heterocycles. The summed E-state index contributed by atoms with van der Waals surface area (Å²) in [6, 6.07) is 4.53. The van der Waals surface area contributed by atoms with Crippen molar-refractivity contribution < 1.29 is 4.39 Å². The van der Waals surface area contributed by atoms with Gasteiger partial charge in [0.2, 0.25) is 5.28 Å². The van der Waals surface area contributed by atoms with Gasteiger partial charge in [0.25, 0.3) is 0 Å². The number of benzene rings is 1.